The van der Waals surface area contributed by atoms with E-state index in [4.69, 9.17) is 18.7 Å². The summed E-state index contributed by atoms with van der Waals surface area (Å²) in [4.78, 5) is 16.3. The molecule has 0 atom stereocenters. The Morgan fingerprint density at radius 1 is 1.10 bits per heavy atom. The van der Waals surface area contributed by atoms with Crippen molar-refractivity contribution in [2.75, 3.05) is 14.2 Å². The number of hydrogen-bond acceptors (Lipinski definition) is 8. The number of alkyl halides is 2. The summed E-state index contributed by atoms with van der Waals surface area (Å²) in [6, 6.07) is 10.3. The van der Waals surface area contributed by atoms with Crippen LogP contribution in [-0.2, 0) is 11.3 Å². The Kier molecular flexibility index (Phi) is 6.22. The van der Waals surface area contributed by atoms with Gasteiger partial charge in [0.25, 0.3) is 5.89 Å². The molecule has 10 heteroatoms. The predicted molar refractivity (Wildman–Crippen MR) is 95.0 cm³/mol. The van der Waals surface area contributed by atoms with Gasteiger partial charge in [-0.05, 0) is 30.3 Å². The van der Waals surface area contributed by atoms with Crippen LogP contribution in [0.1, 0.15) is 16.2 Å². The van der Waals surface area contributed by atoms with Crippen LogP contribution in [0.15, 0.2) is 47.0 Å². The van der Waals surface area contributed by atoms with Gasteiger partial charge >= 0.3 is 12.6 Å². The highest BCUT2D eigenvalue weighted by atomic mass is 19.3. The van der Waals surface area contributed by atoms with Gasteiger partial charge in [0.1, 0.15) is 17.2 Å². The lowest BCUT2D eigenvalue weighted by atomic mass is 10.2. The van der Waals surface area contributed by atoms with Crippen molar-refractivity contribution in [3.8, 4) is 28.6 Å². The van der Waals surface area contributed by atoms with E-state index < -0.39 is 12.6 Å². The number of carbonyl (C=O) groups is 1. The number of aromatic nitrogens is 2. The van der Waals surface area contributed by atoms with Crippen LogP contribution < -0.4 is 14.2 Å². The van der Waals surface area contributed by atoms with Gasteiger partial charge in [0.2, 0.25) is 5.82 Å². The van der Waals surface area contributed by atoms with Crippen LogP contribution >= 0.6 is 0 Å². The molecule has 3 aromatic rings. The maximum atomic E-state index is 12.3. The second kappa shape index (κ2) is 9.00. The van der Waals surface area contributed by atoms with E-state index >= 15 is 0 Å². The summed E-state index contributed by atoms with van der Waals surface area (Å²) < 4.78 is 49.4. The van der Waals surface area contributed by atoms with Crippen LogP contribution in [0.4, 0.5) is 8.78 Å². The second-order valence-electron chi connectivity index (χ2n) is 5.56. The Balaban J connectivity index is 1.67. The summed E-state index contributed by atoms with van der Waals surface area (Å²) in [5.74, 6) is 0.451. The molecule has 0 aliphatic rings. The molecule has 2 aromatic carbocycles. The molecule has 29 heavy (non-hydrogen) atoms. The van der Waals surface area contributed by atoms with Crippen LogP contribution in [0.2, 0.25) is 0 Å². The maximum absolute atomic E-state index is 12.3. The third-order valence-electron chi connectivity index (χ3n) is 3.74. The van der Waals surface area contributed by atoms with Gasteiger partial charge in [0.05, 0.1) is 25.3 Å². The molecule has 0 aliphatic heterocycles. The number of benzene rings is 2. The zero-order valence-corrected chi connectivity index (χ0v) is 15.4. The average Bonchev–Trinajstić information content (AvgIpc) is 3.20. The fourth-order valence-electron chi connectivity index (χ4n) is 2.42. The standard InChI is InChI=1S/C19H16F2N2O6/c1-25-12-6-7-14(15(9-12)26-2)17-22-16(29-23-17)10-27-18(24)11-4-3-5-13(8-11)28-19(20)21/h3-9,19H,10H2,1-2H3. The van der Waals surface area contributed by atoms with Crippen molar-refractivity contribution in [2.45, 2.75) is 13.2 Å². The number of ether oxygens (including phenoxy) is 4. The van der Waals surface area contributed by atoms with Crippen LogP contribution in [0.5, 0.6) is 17.2 Å². The molecule has 0 bridgehead atoms. The Bertz CT molecular complexity index is 992. The molecule has 1 heterocycles. The van der Waals surface area contributed by atoms with Crippen molar-refractivity contribution in [2.24, 2.45) is 0 Å². The number of rotatable bonds is 8. The van der Waals surface area contributed by atoms with E-state index in [2.05, 4.69) is 14.9 Å². The van der Waals surface area contributed by atoms with Gasteiger partial charge in [-0.15, -0.1) is 0 Å². The summed E-state index contributed by atoms with van der Waals surface area (Å²) in [5, 5.41) is 3.85. The van der Waals surface area contributed by atoms with Crippen molar-refractivity contribution in [3.63, 3.8) is 0 Å². The number of halogens is 2. The highest BCUT2D eigenvalue weighted by molar-refractivity contribution is 5.89. The largest absolute Gasteiger partial charge is 0.497 e. The van der Waals surface area contributed by atoms with Gasteiger partial charge in [-0.1, -0.05) is 11.2 Å². The fourth-order valence-corrected chi connectivity index (χ4v) is 2.42. The third kappa shape index (κ3) is 4.98. The normalized spacial score (nSPS) is 10.7. The van der Waals surface area contributed by atoms with Crippen molar-refractivity contribution in [1.82, 2.24) is 10.1 Å². The van der Waals surface area contributed by atoms with Crippen LogP contribution in [-0.4, -0.2) is 36.9 Å². The lowest BCUT2D eigenvalue weighted by Crippen LogP contribution is -2.07. The molecule has 0 N–H and O–H groups in total. The zero-order valence-electron chi connectivity index (χ0n) is 15.4. The first-order valence-electron chi connectivity index (χ1n) is 8.27. The molecule has 8 nitrogen and oxygen atoms in total. The Labute approximate surface area is 164 Å². The van der Waals surface area contributed by atoms with E-state index in [-0.39, 0.29) is 29.6 Å². The minimum absolute atomic E-state index is 0.0414. The quantitative estimate of drug-likeness (QED) is 0.523. The molecule has 1 aromatic heterocycles. The summed E-state index contributed by atoms with van der Waals surface area (Å²) in [6.45, 7) is -3.29. The molecular formula is C19H16F2N2O6. The molecule has 0 amide bonds. The summed E-state index contributed by atoms with van der Waals surface area (Å²) in [7, 11) is 3.03. The van der Waals surface area contributed by atoms with Crippen LogP contribution in [0.25, 0.3) is 11.4 Å². The number of nitrogens with zero attached hydrogens (tertiary/aromatic N) is 2. The predicted octanol–water partition coefficient (Wildman–Crippen LogP) is 3.71. The van der Waals surface area contributed by atoms with E-state index in [9.17, 15) is 13.6 Å². The first-order valence-corrected chi connectivity index (χ1v) is 8.27. The lowest BCUT2D eigenvalue weighted by molar-refractivity contribution is -0.0499. The smallest absolute Gasteiger partial charge is 0.387 e. The van der Waals surface area contributed by atoms with E-state index in [1.54, 1.807) is 18.2 Å². The minimum Gasteiger partial charge on any atom is -0.497 e. The molecule has 0 spiro atoms. The van der Waals surface area contributed by atoms with Crippen molar-refractivity contribution in [1.29, 1.82) is 0 Å². The van der Waals surface area contributed by atoms with E-state index in [0.29, 0.717) is 17.1 Å². The molecule has 0 saturated carbocycles. The fraction of sp³-hybridized carbons (Fsp3) is 0.211. The Hall–Kier alpha value is -3.69. The summed E-state index contributed by atoms with van der Waals surface area (Å²) >= 11 is 0. The molecular weight excluding hydrogens is 390 g/mol. The van der Waals surface area contributed by atoms with Gasteiger partial charge in [0.15, 0.2) is 6.61 Å². The molecule has 0 unspecified atom stereocenters. The third-order valence-corrected chi connectivity index (χ3v) is 3.74. The van der Waals surface area contributed by atoms with Gasteiger partial charge in [-0.3, -0.25) is 0 Å². The zero-order chi connectivity index (χ0) is 20.8. The van der Waals surface area contributed by atoms with Gasteiger partial charge < -0.3 is 23.5 Å². The van der Waals surface area contributed by atoms with E-state index in [1.807, 2.05) is 0 Å². The average molecular weight is 406 g/mol. The van der Waals surface area contributed by atoms with Crippen molar-refractivity contribution in [3.05, 3.63) is 53.9 Å². The molecule has 0 fully saturated rings. The Morgan fingerprint density at radius 3 is 2.66 bits per heavy atom. The lowest BCUT2D eigenvalue weighted by Gasteiger charge is -2.07. The number of hydrogen-bond donors (Lipinski definition) is 0. The summed E-state index contributed by atoms with van der Waals surface area (Å²) in [5.41, 5.74) is 0.603. The van der Waals surface area contributed by atoms with Crippen LogP contribution in [0.3, 0.4) is 0 Å². The highest BCUT2D eigenvalue weighted by Crippen LogP contribution is 2.31. The number of carbonyl (C=O) groups excluding carboxylic acids is 1. The molecule has 0 radical (unpaired) electrons. The maximum Gasteiger partial charge on any atom is 0.387 e. The number of esters is 1. The van der Waals surface area contributed by atoms with Crippen molar-refractivity contribution >= 4 is 5.97 Å². The van der Waals surface area contributed by atoms with Crippen LogP contribution in [0, 0.1) is 0 Å². The van der Waals surface area contributed by atoms with Crippen molar-refractivity contribution < 1.29 is 37.0 Å². The first-order chi connectivity index (χ1) is 14.0. The summed E-state index contributed by atoms with van der Waals surface area (Å²) in [6.07, 6.45) is 0. The highest BCUT2D eigenvalue weighted by Gasteiger charge is 2.16. The van der Waals surface area contributed by atoms with Gasteiger partial charge in [-0.2, -0.15) is 13.8 Å². The molecule has 152 valence electrons. The van der Waals surface area contributed by atoms with E-state index in [1.165, 1.54) is 32.4 Å². The van der Waals surface area contributed by atoms with E-state index in [0.717, 1.165) is 6.07 Å². The minimum atomic E-state index is -2.99. The molecule has 0 saturated heterocycles. The van der Waals surface area contributed by atoms with Gasteiger partial charge in [0, 0.05) is 6.07 Å². The SMILES string of the molecule is COc1ccc(-c2noc(COC(=O)c3cccc(OC(F)F)c3)n2)c(OC)c1. The first kappa shape index (κ1) is 20.1. The Morgan fingerprint density at radius 2 is 1.93 bits per heavy atom. The second-order valence-corrected chi connectivity index (χ2v) is 5.56. The topological polar surface area (TPSA) is 92.9 Å². The number of methoxy groups -OCH3 is 2. The monoisotopic (exact) mass is 406 g/mol. The van der Waals surface area contributed by atoms with Gasteiger partial charge in [-0.25, -0.2) is 4.79 Å². The molecule has 3 rings (SSSR count). The molecule has 0 aliphatic carbocycles.